The SMILES string of the molecule is CC(=O)CCNC(=O)CCCNC(=O)CCNC(=O)CCCCOc1cc(O)c(O)c2ccccc12. The summed E-state index contributed by atoms with van der Waals surface area (Å²) in [4.78, 5) is 46.2. The van der Waals surface area contributed by atoms with Gasteiger partial charge < -0.3 is 30.9 Å². The number of fused-ring (bicyclic) bond motifs is 1. The van der Waals surface area contributed by atoms with Crippen molar-refractivity contribution in [1.29, 1.82) is 0 Å². The Balaban J connectivity index is 1.52. The highest BCUT2D eigenvalue weighted by Crippen LogP contribution is 2.39. The van der Waals surface area contributed by atoms with Crippen LogP contribution in [0.5, 0.6) is 17.2 Å². The summed E-state index contributed by atoms with van der Waals surface area (Å²) in [7, 11) is 0. The normalized spacial score (nSPS) is 10.6. The summed E-state index contributed by atoms with van der Waals surface area (Å²) < 4.78 is 5.75. The monoisotopic (exact) mass is 501 g/mol. The molecule has 0 saturated carbocycles. The topological polar surface area (TPSA) is 154 Å². The average Bonchev–Trinajstić information content (AvgIpc) is 2.84. The zero-order chi connectivity index (χ0) is 26.3. The van der Waals surface area contributed by atoms with E-state index >= 15 is 0 Å². The van der Waals surface area contributed by atoms with E-state index in [1.807, 2.05) is 6.07 Å². The van der Waals surface area contributed by atoms with Crippen molar-refractivity contribution in [2.75, 3.05) is 26.2 Å². The maximum atomic E-state index is 12.0. The van der Waals surface area contributed by atoms with Crippen molar-refractivity contribution in [1.82, 2.24) is 16.0 Å². The van der Waals surface area contributed by atoms with E-state index in [2.05, 4.69) is 16.0 Å². The Labute approximate surface area is 210 Å². The van der Waals surface area contributed by atoms with E-state index in [0.29, 0.717) is 68.3 Å². The third kappa shape index (κ3) is 10.2. The molecule has 2 aromatic rings. The minimum Gasteiger partial charge on any atom is -0.504 e. The number of amides is 3. The Hall–Kier alpha value is -3.82. The summed E-state index contributed by atoms with van der Waals surface area (Å²) in [6.45, 7) is 2.73. The Kier molecular flexibility index (Phi) is 12.0. The predicted octanol–water partition coefficient (Wildman–Crippen LogP) is 2.30. The summed E-state index contributed by atoms with van der Waals surface area (Å²) in [6, 6.07) is 8.44. The third-order valence-electron chi connectivity index (χ3n) is 5.39. The molecule has 2 rings (SSSR count). The van der Waals surface area contributed by atoms with Gasteiger partial charge >= 0.3 is 0 Å². The number of hydrogen-bond donors (Lipinski definition) is 5. The third-order valence-corrected chi connectivity index (χ3v) is 5.39. The van der Waals surface area contributed by atoms with Gasteiger partial charge in [-0.15, -0.1) is 0 Å². The molecule has 0 unspecified atom stereocenters. The van der Waals surface area contributed by atoms with Gasteiger partial charge in [-0.25, -0.2) is 0 Å². The van der Waals surface area contributed by atoms with Crippen LogP contribution in [-0.2, 0) is 19.2 Å². The smallest absolute Gasteiger partial charge is 0.221 e. The molecule has 2 aromatic carbocycles. The summed E-state index contributed by atoms with van der Waals surface area (Å²) >= 11 is 0. The molecule has 0 aliphatic rings. The lowest BCUT2D eigenvalue weighted by Gasteiger charge is -2.12. The number of carbonyl (C=O) groups is 4. The van der Waals surface area contributed by atoms with Gasteiger partial charge in [-0.05, 0) is 26.2 Å². The zero-order valence-electron chi connectivity index (χ0n) is 20.6. The molecule has 0 saturated heterocycles. The molecule has 0 heterocycles. The van der Waals surface area contributed by atoms with Crippen LogP contribution < -0.4 is 20.7 Å². The highest BCUT2D eigenvalue weighted by Gasteiger charge is 2.11. The molecule has 0 radical (unpaired) electrons. The molecule has 0 spiro atoms. The van der Waals surface area contributed by atoms with Gasteiger partial charge in [0.25, 0.3) is 0 Å². The lowest BCUT2D eigenvalue weighted by atomic mass is 10.1. The quantitative estimate of drug-likeness (QED) is 0.175. The minimum absolute atomic E-state index is 0.0185. The Morgan fingerprint density at radius 1 is 0.750 bits per heavy atom. The number of rotatable bonds is 16. The molecule has 0 aliphatic heterocycles. The summed E-state index contributed by atoms with van der Waals surface area (Å²) in [5.41, 5.74) is 0. The first-order chi connectivity index (χ1) is 17.3. The number of aromatic hydroxyl groups is 2. The second kappa shape index (κ2) is 15.2. The van der Waals surface area contributed by atoms with Gasteiger partial charge in [0, 0.05) is 62.2 Å². The van der Waals surface area contributed by atoms with Crippen LogP contribution in [0.15, 0.2) is 30.3 Å². The first-order valence-corrected chi connectivity index (χ1v) is 12.1. The van der Waals surface area contributed by atoms with Crippen LogP contribution in [0.2, 0.25) is 0 Å². The molecule has 36 heavy (non-hydrogen) atoms. The van der Waals surface area contributed by atoms with Crippen LogP contribution in [-0.4, -0.2) is 60.0 Å². The molecule has 10 nitrogen and oxygen atoms in total. The number of Topliss-reactive ketones (excluding diaryl/α,β-unsaturated/α-hetero) is 1. The second-order valence-electron chi connectivity index (χ2n) is 8.45. The van der Waals surface area contributed by atoms with E-state index in [1.54, 1.807) is 18.2 Å². The number of hydrogen-bond acceptors (Lipinski definition) is 7. The number of carbonyl (C=O) groups excluding carboxylic acids is 4. The second-order valence-corrected chi connectivity index (χ2v) is 8.45. The number of nitrogens with one attached hydrogen (secondary N) is 3. The van der Waals surface area contributed by atoms with E-state index in [0.717, 1.165) is 0 Å². The molecular weight excluding hydrogens is 466 g/mol. The molecule has 0 aliphatic carbocycles. The number of phenols is 2. The van der Waals surface area contributed by atoms with Gasteiger partial charge in [0.15, 0.2) is 11.5 Å². The van der Waals surface area contributed by atoms with Crippen molar-refractivity contribution in [2.45, 2.75) is 51.9 Å². The Bertz CT molecular complexity index is 1060. The van der Waals surface area contributed by atoms with E-state index in [1.165, 1.54) is 13.0 Å². The molecule has 0 atom stereocenters. The van der Waals surface area contributed by atoms with Crippen molar-refractivity contribution in [3.8, 4) is 17.2 Å². The Morgan fingerprint density at radius 2 is 1.33 bits per heavy atom. The molecule has 0 bridgehead atoms. The van der Waals surface area contributed by atoms with Crippen LogP contribution in [0, 0.1) is 0 Å². The number of phenolic OH excluding ortho intramolecular Hbond substituents is 2. The van der Waals surface area contributed by atoms with Crippen LogP contribution in [0.3, 0.4) is 0 Å². The fourth-order valence-corrected chi connectivity index (χ4v) is 3.44. The fourth-order valence-electron chi connectivity index (χ4n) is 3.44. The maximum Gasteiger partial charge on any atom is 0.221 e. The van der Waals surface area contributed by atoms with Gasteiger partial charge in [0.1, 0.15) is 11.5 Å². The van der Waals surface area contributed by atoms with Crippen molar-refractivity contribution >= 4 is 34.3 Å². The number of unbranched alkanes of at least 4 members (excludes halogenated alkanes) is 1. The summed E-state index contributed by atoms with van der Waals surface area (Å²) in [5.74, 6) is -0.470. The van der Waals surface area contributed by atoms with Crippen molar-refractivity contribution < 1.29 is 34.1 Å². The average molecular weight is 502 g/mol. The molecule has 0 aromatic heterocycles. The first kappa shape index (κ1) is 28.4. The largest absolute Gasteiger partial charge is 0.504 e. The van der Waals surface area contributed by atoms with Gasteiger partial charge in [-0.2, -0.15) is 0 Å². The van der Waals surface area contributed by atoms with Crippen LogP contribution >= 0.6 is 0 Å². The number of ketones is 1. The fraction of sp³-hybridized carbons (Fsp3) is 0.462. The van der Waals surface area contributed by atoms with Crippen LogP contribution in [0.25, 0.3) is 10.8 Å². The highest BCUT2D eigenvalue weighted by molar-refractivity contribution is 5.95. The molecule has 10 heteroatoms. The molecule has 3 amide bonds. The predicted molar refractivity (Wildman–Crippen MR) is 135 cm³/mol. The standard InChI is InChI=1S/C26H35N3O7/c1-18(30)11-14-28-24(33)10-6-13-27-25(34)12-15-29-23(32)9-4-5-16-36-22-17-21(31)26(35)20-8-3-2-7-19(20)22/h2-3,7-8,17,31,35H,4-6,9-16H2,1H3,(H,27,34)(H,28,33)(H,29,32). The molecule has 5 N–H and O–H groups in total. The van der Waals surface area contributed by atoms with Gasteiger partial charge in [-0.1, -0.05) is 24.3 Å². The van der Waals surface area contributed by atoms with Gasteiger partial charge in [-0.3, -0.25) is 19.2 Å². The maximum absolute atomic E-state index is 12.0. The Morgan fingerprint density at radius 3 is 2.03 bits per heavy atom. The lowest BCUT2D eigenvalue weighted by molar-refractivity contribution is -0.124. The highest BCUT2D eigenvalue weighted by atomic mass is 16.5. The lowest BCUT2D eigenvalue weighted by Crippen LogP contribution is -2.32. The minimum atomic E-state index is -0.251. The molecule has 196 valence electrons. The van der Waals surface area contributed by atoms with E-state index in [4.69, 9.17) is 4.74 Å². The number of ether oxygens (including phenoxy) is 1. The number of benzene rings is 2. The van der Waals surface area contributed by atoms with Crippen LogP contribution in [0.1, 0.15) is 51.9 Å². The van der Waals surface area contributed by atoms with Gasteiger partial charge in [0.2, 0.25) is 17.7 Å². The van der Waals surface area contributed by atoms with E-state index < -0.39 is 0 Å². The van der Waals surface area contributed by atoms with Crippen LogP contribution in [0.4, 0.5) is 0 Å². The van der Waals surface area contributed by atoms with E-state index in [-0.39, 0.29) is 54.4 Å². The summed E-state index contributed by atoms with van der Waals surface area (Å²) in [6.07, 6.45) is 2.72. The zero-order valence-corrected chi connectivity index (χ0v) is 20.6. The van der Waals surface area contributed by atoms with Crippen molar-refractivity contribution in [3.05, 3.63) is 30.3 Å². The van der Waals surface area contributed by atoms with Gasteiger partial charge in [0.05, 0.1) is 6.61 Å². The first-order valence-electron chi connectivity index (χ1n) is 12.1. The van der Waals surface area contributed by atoms with Crippen molar-refractivity contribution in [3.63, 3.8) is 0 Å². The van der Waals surface area contributed by atoms with Crippen molar-refractivity contribution in [2.24, 2.45) is 0 Å². The molecule has 0 fully saturated rings. The van der Waals surface area contributed by atoms with E-state index in [9.17, 15) is 29.4 Å². The summed E-state index contributed by atoms with van der Waals surface area (Å²) in [5, 5.41) is 29.1. The molecular formula is C26H35N3O7.